The summed E-state index contributed by atoms with van der Waals surface area (Å²) < 4.78 is 4.98. The Bertz CT molecular complexity index is 394. The minimum atomic E-state index is -0.332. The van der Waals surface area contributed by atoms with Gasteiger partial charge in [0.25, 0.3) is 0 Å². The lowest BCUT2D eigenvalue weighted by atomic mass is 10.1. The number of cyclic esters (lactones) is 1. The zero-order valence-electron chi connectivity index (χ0n) is 8.22. The van der Waals surface area contributed by atoms with Crippen LogP contribution in [0.25, 0.3) is 0 Å². The molecule has 1 aliphatic rings. The number of hydrogen-bond acceptors (Lipinski definition) is 2. The fraction of sp³-hybridized carbons (Fsp3) is 0.250. The summed E-state index contributed by atoms with van der Waals surface area (Å²) in [5, 5.41) is 0. The molecule has 1 aromatic carbocycles. The molecule has 76 valence electrons. The number of nitrogens with zero attached hydrogens (tertiary/aromatic N) is 1. The maximum atomic E-state index is 11.4. The molecule has 1 aliphatic heterocycles. The van der Waals surface area contributed by atoms with Gasteiger partial charge in [0.2, 0.25) is 0 Å². The highest BCUT2D eigenvalue weighted by molar-refractivity contribution is 5.71. The van der Waals surface area contributed by atoms with E-state index in [1.807, 2.05) is 30.3 Å². The average molecular weight is 201 g/mol. The molecule has 0 bridgehead atoms. The molecule has 0 spiro atoms. The van der Waals surface area contributed by atoms with Crippen LogP contribution in [0.3, 0.4) is 0 Å². The van der Waals surface area contributed by atoms with Crippen LogP contribution in [0.1, 0.15) is 11.6 Å². The zero-order chi connectivity index (χ0) is 10.7. The third-order valence-electron chi connectivity index (χ3n) is 2.42. The first-order chi connectivity index (χ1) is 7.33. The van der Waals surface area contributed by atoms with E-state index in [2.05, 4.69) is 5.92 Å². The minimum Gasteiger partial charge on any atom is -0.447 e. The second kappa shape index (κ2) is 4.05. The first-order valence-electron chi connectivity index (χ1n) is 4.74. The van der Waals surface area contributed by atoms with Crippen molar-refractivity contribution in [1.82, 2.24) is 4.90 Å². The van der Waals surface area contributed by atoms with E-state index in [0.717, 1.165) is 5.56 Å². The van der Waals surface area contributed by atoms with Crippen LogP contribution in [-0.2, 0) is 4.74 Å². The van der Waals surface area contributed by atoms with Gasteiger partial charge < -0.3 is 4.74 Å². The van der Waals surface area contributed by atoms with Crippen LogP contribution in [0.4, 0.5) is 4.79 Å². The highest BCUT2D eigenvalue weighted by Crippen LogP contribution is 2.26. The second-order valence-corrected chi connectivity index (χ2v) is 3.34. The fourth-order valence-corrected chi connectivity index (χ4v) is 1.67. The van der Waals surface area contributed by atoms with E-state index in [0.29, 0.717) is 13.2 Å². The van der Waals surface area contributed by atoms with E-state index in [9.17, 15) is 4.79 Å². The Morgan fingerprint density at radius 1 is 1.47 bits per heavy atom. The number of ether oxygens (including phenoxy) is 1. The summed E-state index contributed by atoms with van der Waals surface area (Å²) in [6, 6.07) is 9.70. The quantitative estimate of drug-likeness (QED) is 0.683. The average Bonchev–Trinajstić information content (AvgIpc) is 2.63. The molecule has 0 N–H and O–H groups in total. The number of hydrogen-bond donors (Lipinski definition) is 0. The van der Waals surface area contributed by atoms with E-state index in [1.54, 1.807) is 4.90 Å². The molecule has 3 nitrogen and oxygen atoms in total. The number of benzene rings is 1. The molecule has 2 rings (SSSR count). The normalized spacial score (nSPS) is 19.8. The van der Waals surface area contributed by atoms with Gasteiger partial charge in [-0.3, -0.25) is 4.90 Å². The van der Waals surface area contributed by atoms with Crippen LogP contribution in [0.2, 0.25) is 0 Å². The van der Waals surface area contributed by atoms with Crippen LogP contribution >= 0.6 is 0 Å². The maximum absolute atomic E-state index is 11.4. The van der Waals surface area contributed by atoms with Crippen molar-refractivity contribution in [1.29, 1.82) is 0 Å². The monoisotopic (exact) mass is 201 g/mol. The maximum Gasteiger partial charge on any atom is 0.411 e. The van der Waals surface area contributed by atoms with Gasteiger partial charge in [-0.2, -0.15) is 0 Å². The topological polar surface area (TPSA) is 29.5 Å². The number of terminal acetylenes is 1. The zero-order valence-corrected chi connectivity index (χ0v) is 8.22. The Morgan fingerprint density at radius 2 is 2.20 bits per heavy atom. The molecule has 0 aliphatic carbocycles. The molecule has 1 atom stereocenters. The van der Waals surface area contributed by atoms with Crippen LogP contribution in [0, 0.1) is 12.3 Å². The largest absolute Gasteiger partial charge is 0.447 e. The number of amides is 1. The summed E-state index contributed by atoms with van der Waals surface area (Å²) in [7, 11) is 0. The van der Waals surface area contributed by atoms with Gasteiger partial charge in [-0.05, 0) is 5.56 Å². The van der Waals surface area contributed by atoms with Crippen molar-refractivity contribution < 1.29 is 9.53 Å². The summed E-state index contributed by atoms with van der Waals surface area (Å²) in [6.45, 7) is 0.670. The molecule has 15 heavy (non-hydrogen) atoms. The van der Waals surface area contributed by atoms with Gasteiger partial charge in [-0.15, -0.1) is 6.42 Å². The van der Waals surface area contributed by atoms with E-state index in [1.165, 1.54) is 0 Å². The summed E-state index contributed by atoms with van der Waals surface area (Å²) in [5.74, 6) is 2.46. The van der Waals surface area contributed by atoms with Gasteiger partial charge >= 0.3 is 6.09 Å². The van der Waals surface area contributed by atoms with Crippen LogP contribution in [-0.4, -0.2) is 24.1 Å². The SMILES string of the molecule is C#CCN1C(=O)OC[C@H]1c1ccccc1. The Balaban J connectivity index is 2.23. The van der Waals surface area contributed by atoms with Crippen molar-refractivity contribution in [3.8, 4) is 12.3 Å². The number of rotatable bonds is 2. The van der Waals surface area contributed by atoms with Gasteiger partial charge in [0.1, 0.15) is 6.61 Å². The predicted molar refractivity (Wildman–Crippen MR) is 56.1 cm³/mol. The predicted octanol–water partition coefficient (Wildman–Crippen LogP) is 1.81. The fourth-order valence-electron chi connectivity index (χ4n) is 1.67. The summed E-state index contributed by atoms with van der Waals surface area (Å²) in [4.78, 5) is 12.9. The molecule has 1 amide bonds. The van der Waals surface area contributed by atoms with Crippen molar-refractivity contribution in [2.45, 2.75) is 6.04 Å². The van der Waals surface area contributed by atoms with Crippen molar-refractivity contribution in [3.05, 3.63) is 35.9 Å². The van der Waals surface area contributed by atoms with Crippen LogP contribution in [0.5, 0.6) is 0 Å². The lowest BCUT2D eigenvalue weighted by molar-refractivity contribution is 0.161. The van der Waals surface area contributed by atoms with Crippen molar-refractivity contribution in [2.24, 2.45) is 0 Å². The lowest BCUT2D eigenvalue weighted by Crippen LogP contribution is -2.27. The van der Waals surface area contributed by atoms with E-state index in [-0.39, 0.29) is 12.1 Å². The molecule has 0 saturated carbocycles. The third kappa shape index (κ3) is 1.79. The second-order valence-electron chi connectivity index (χ2n) is 3.34. The summed E-state index contributed by atoms with van der Waals surface area (Å²) >= 11 is 0. The van der Waals surface area contributed by atoms with Gasteiger partial charge in [0, 0.05) is 0 Å². The van der Waals surface area contributed by atoms with E-state index >= 15 is 0 Å². The van der Waals surface area contributed by atoms with Crippen LogP contribution in [0.15, 0.2) is 30.3 Å². The Labute approximate surface area is 88.6 Å². The molecule has 3 heteroatoms. The molecular weight excluding hydrogens is 190 g/mol. The summed E-state index contributed by atoms with van der Waals surface area (Å²) in [5.41, 5.74) is 1.05. The molecule has 1 saturated heterocycles. The van der Waals surface area contributed by atoms with Gasteiger partial charge in [-0.1, -0.05) is 36.3 Å². The van der Waals surface area contributed by atoms with Crippen molar-refractivity contribution in [2.75, 3.05) is 13.2 Å². The molecule has 1 heterocycles. The van der Waals surface area contributed by atoms with Crippen molar-refractivity contribution >= 4 is 6.09 Å². The minimum absolute atomic E-state index is 0.0465. The van der Waals surface area contributed by atoms with Gasteiger partial charge in [-0.25, -0.2) is 4.79 Å². The standard InChI is InChI=1S/C12H11NO2/c1-2-8-13-11(9-15-12(13)14)10-6-4-3-5-7-10/h1,3-7,11H,8-9H2/t11-/m0/s1. The Morgan fingerprint density at radius 3 is 2.87 bits per heavy atom. The lowest BCUT2D eigenvalue weighted by Gasteiger charge is -2.18. The molecule has 0 radical (unpaired) electrons. The molecule has 1 aromatic rings. The third-order valence-corrected chi connectivity index (χ3v) is 2.42. The van der Waals surface area contributed by atoms with Crippen LogP contribution < -0.4 is 0 Å². The first kappa shape index (κ1) is 9.60. The van der Waals surface area contributed by atoms with Gasteiger partial charge in [0.05, 0.1) is 12.6 Å². The molecular formula is C12H11NO2. The van der Waals surface area contributed by atoms with E-state index in [4.69, 9.17) is 11.2 Å². The number of carbonyl (C=O) groups is 1. The summed E-state index contributed by atoms with van der Waals surface area (Å²) in [6.07, 6.45) is 4.88. The van der Waals surface area contributed by atoms with Crippen molar-refractivity contribution in [3.63, 3.8) is 0 Å². The molecule has 0 aromatic heterocycles. The molecule has 1 fully saturated rings. The highest BCUT2D eigenvalue weighted by atomic mass is 16.6. The van der Waals surface area contributed by atoms with Gasteiger partial charge in [0.15, 0.2) is 0 Å². The Kier molecular flexibility index (Phi) is 2.59. The smallest absolute Gasteiger partial charge is 0.411 e. The Hall–Kier alpha value is -1.95. The highest BCUT2D eigenvalue weighted by Gasteiger charge is 2.32. The van der Waals surface area contributed by atoms with E-state index < -0.39 is 0 Å². The molecule has 0 unspecified atom stereocenters. The number of carbonyl (C=O) groups excluding carboxylic acids is 1. The first-order valence-corrected chi connectivity index (χ1v) is 4.74.